The number of carboxylic acid groups (broad SMARTS) is 1. The Labute approximate surface area is 192 Å². The first-order valence-electron chi connectivity index (χ1n) is 10.5. The predicted octanol–water partition coefficient (Wildman–Crippen LogP) is 4.48. The molecule has 4 aromatic rings. The van der Waals surface area contributed by atoms with Gasteiger partial charge in [-0.25, -0.2) is 4.79 Å². The lowest BCUT2D eigenvalue weighted by Crippen LogP contribution is -2.24. The molecule has 0 saturated heterocycles. The quantitative estimate of drug-likeness (QED) is 0.393. The number of nitrogens with one attached hydrogen (secondary N) is 2. The van der Waals surface area contributed by atoms with Crippen molar-refractivity contribution < 1.29 is 27.6 Å². The molecule has 4 heterocycles. The van der Waals surface area contributed by atoms with E-state index in [9.17, 15) is 13.2 Å². The fourth-order valence-corrected chi connectivity index (χ4v) is 3.90. The van der Waals surface area contributed by atoms with E-state index in [0.717, 1.165) is 41.8 Å². The van der Waals surface area contributed by atoms with Crippen LogP contribution >= 0.6 is 0 Å². The summed E-state index contributed by atoms with van der Waals surface area (Å²) in [4.78, 5) is 21.5. The highest BCUT2D eigenvalue weighted by Crippen LogP contribution is 2.32. The number of nitrogens with zero attached hydrogens (tertiary/aromatic N) is 3. The van der Waals surface area contributed by atoms with Crippen LogP contribution in [0.1, 0.15) is 28.1 Å². The summed E-state index contributed by atoms with van der Waals surface area (Å²) in [5.41, 5.74) is 8.93. The van der Waals surface area contributed by atoms with Crippen LogP contribution in [0.25, 0.3) is 33.7 Å². The molecule has 1 aromatic carbocycles. The molecular weight excluding hydrogens is 451 g/mol. The number of aromatic amines is 1. The second-order valence-electron chi connectivity index (χ2n) is 8.01. The first kappa shape index (κ1) is 23.4. The van der Waals surface area contributed by atoms with Crippen LogP contribution in [0.15, 0.2) is 28.9 Å². The molecule has 0 spiro atoms. The predicted molar refractivity (Wildman–Crippen MR) is 118 cm³/mol. The lowest BCUT2D eigenvalue weighted by atomic mass is 9.95. The standard InChI is InChI=1S/C21H21N5O.C2HF3O2/c1-11-12(2)24-18-5-4-14(8-17(11)18)21-25-20(26-27-21)19-13(3)23-10-15-9-22-7-6-16(15)19;3-2(4,5)1(6)7/h4-5,8,10,22,24H,6-7,9H2,1-3H3;(H,6,7). The maximum atomic E-state index is 10.6. The van der Waals surface area contributed by atoms with Gasteiger partial charge in [0.1, 0.15) is 0 Å². The second kappa shape index (κ2) is 8.90. The normalized spacial score (nSPS) is 13.4. The van der Waals surface area contributed by atoms with Crippen molar-refractivity contribution in [1.82, 2.24) is 25.4 Å². The summed E-state index contributed by atoms with van der Waals surface area (Å²) >= 11 is 0. The van der Waals surface area contributed by atoms with Gasteiger partial charge in [0.05, 0.1) is 0 Å². The third-order valence-electron chi connectivity index (χ3n) is 5.78. The van der Waals surface area contributed by atoms with Gasteiger partial charge in [0.2, 0.25) is 5.82 Å². The van der Waals surface area contributed by atoms with Crippen LogP contribution < -0.4 is 5.32 Å². The number of fused-ring (bicyclic) bond motifs is 2. The molecule has 1 aliphatic heterocycles. The molecule has 1 aliphatic rings. The van der Waals surface area contributed by atoms with E-state index in [1.165, 1.54) is 27.8 Å². The molecule has 34 heavy (non-hydrogen) atoms. The summed E-state index contributed by atoms with van der Waals surface area (Å²) in [6, 6.07) is 6.20. The molecule has 0 bridgehead atoms. The van der Waals surface area contributed by atoms with Gasteiger partial charge in [-0.2, -0.15) is 18.2 Å². The van der Waals surface area contributed by atoms with Crippen LogP contribution in [0.4, 0.5) is 13.2 Å². The zero-order chi connectivity index (χ0) is 24.6. The maximum Gasteiger partial charge on any atom is 0.490 e. The Hall–Kier alpha value is -3.73. The van der Waals surface area contributed by atoms with Crippen LogP contribution in [0.2, 0.25) is 0 Å². The van der Waals surface area contributed by atoms with Crippen LogP contribution in [-0.4, -0.2) is 43.9 Å². The van der Waals surface area contributed by atoms with Gasteiger partial charge in [0.25, 0.3) is 5.89 Å². The lowest BCUT2D eigenvalue weighted by Gasteiger charge is -2.19. The Kier molecular flexibility index (Phi) is 6.13. The summed E-state index contributed by atoms with van der Waals surface area (Å²) < 4.78 is 37.4. The van der Waals surface area contributed by atoms with E-state index < -0.39 is 12.1 Å². The second-order valence-corrected chi connectivity index (χ2v) is 8.01. The van der Waals surface area contributed by atoms with Crippen molar-refractivity contribution in [1.29, 1.82) is 0 Å². The van der Waals surface area contributed by atoms with Crippen molar-refractivity contribution in [2.45, 2.75) is 39.9 Å². The number of carboxylic acids is 1. The van der Waals surface area contributed by atoms with E-state index in [-0.39, 0.29) is 0 Å². The van der Waals surface area contributed by atoms with Crippen molar-refractivity contribution in [2.24, 2.45) is 0 Å². The number of pyridine rings is 1. The molecule has 0 fully saturated rings. The van der Waals surface area contributed by atoms with Crippen molar-refractivity contribution in [3.8, 4) is 22.8 Å². The molecular formula is C23H22F3N5O3. The van der Waals surface area contributed by atoms with Gasteiger partial charge in [-0.05, 0) is 68.6 Å². The number of rotatable bonds is 2. The van der Waals surface area contributed by atoms with Gasteiger partial charge in [-0.1, -0.05) is 5.16 Å². The zero-order valence-electron chi connectivity index (χ0n) is 18.7. The van der Waals surface area contributed by atoms with Gasteiger partial charge in [0, 0.05) is 46.2 Å². The molecule has 3 N–H and O–H groups in total. The number of alkyl halides is 3. The lowest BCUT2D eigenvalue weighted by molar-refractivity contribution is -0.192. The van der Waals surface area contributed by atoms with Gasteiger partial charge in [-0.15, -0.1) is 0 Å². The van der Waals surface area contributed by atoms with E-state index in [1.807, 2.05) is 19.2 Å². The molecule has 0 atom stereocenters. The minimum atomic E-state index is -5.08. The number of carbonyl (C=O) groups is 1. The SMILES string of the molecule is Cc1ncc2c(c1-c1noc(-c3ccc4[nH]c(C)c(C)c4c3)n1)CCNC2.O=C(O)C(F)(F)F. The number of hydrogen-bond donors (Lipinski definition) is 3. The van der Waals surface area contributed by atoms with Crippen molar-refractivity contribution in [2.75, 3.05) is 6.54 Å². The summed E-state index contributed by atoms with van der Waals surface area (Å²) in [5.74, 6) is -1.60. The highest BCUT2D eigenvalue weighted by atomic mass is 19.4. The summed E-state index contributed by atoms with van der Waals surface area (Å²) in [5, 5.41) is 16.0. The fraction of sp³-hybridized carbons (Fsp3) is 0.304. The van der Waals surface area contributed by atoms with Gasteiger partial charge >= 0.3 is 12.1 Å². The van der Waals surface area contributed by atoms with Crippen LogP contribution in [0.5, 0.6) is 0 Å². The van der Waals surface area contributed by atoms with Gasteiger partial charge < -0.3 is 19.9 Å². The maximum absolute atomic E-state index is 10.6. The molecule has 0 amide bonds. The van der Waals surface area contributed by atoms with Gasteiger partial charge in [-0.3, -0.25) is 4.98 Å². The Morgan fingerprint density at radius 2 is 1.94 bits per heavy atom. The minimum absolute atomic E-state index is 0.538. The minimum Gasteiger partial charge on any atom is -0.475 e. The van der Waals surface area contributed by atoms with E-state index in [2.05, 4.69) is 46.4 Å². The third-order valence-corrected chi connectivity index (χ3v) is 5.78. The van der Waals surface area contributed by atoms with Crippen molar-refractivity contribution >= 4 is 16.9 Å². The Bertz CT molecular complexity index is 1370. The summed E-state index contributed by atoms with van der Waals surface area (Å²) in [6.07, 6.45) is -2.18. The van der Waals surface area contributed by atoms with E-state index in [1.54, 1.807) is 0 Å². The molecule has 178 valence electrons. The molecule has 3 aromatic heterocycles. The molecule has 0 unspecified atom stereocenters. The monoisotopic (exact) mass is 473 g/mol. The van der Waals surface area contributed by atoms with Crippen LogP contribution in [0.3, 0.4) is 0 Å². The van der Waals surface area contributed by atoms with Crippen LogP contribution in [-0.2, 0) is 17.8 Å². The largest absolute Gasteiger partial charge is 0.490 e. The Balaban J connectivity index is 0.000000344. The summed E-state index contributed by atoms with van der Waals surface area (Å²) in [6.45, 7) is 8.01. The number of aryl methyl sites for hydroxylation is 3. The molecule has 5 rings (SSSR count). The smallest absolute Gasteiger partial charge is 0.475 e. The average Bonchev–Trinajstić information content (AvgIpc) is 3.38. The topological polar surface area (TPSA) is 117 Å². The Morgan fingerprint density at radius 3 is 2.65 bits per heavy atom. The highest BCUT2D eigenvalue weighted by Gasteiger charge is 2.38. The molecule has 11 heteroatoms. The zero-order valence-corrected chi connectivity index (χ0v) is 18.7. The fourth-order valence-electron chi connectivity index (χ4n) is 3.90. The number of H-pyrrole nitrogens is 1. The first-order valence-corrected chi connectivity index (χ1v) is 10.5. The highest BCUT2D eigenvalue weighted by molar-refractivity contribution is 5.88. The third kappa shape index (κ3) is 4.51. The average molecular weight is 473 g/mol. The Morgan fingerprint density at radius 1 is 1.21 bits per heavy atom. The van der Waals surface area contributed by atoms with E-state index >= 15 is 0 Å². The molecule has 0 saturated carbocycles. The van der Waals surface area contributed by atoms with E-state index in [0.29, 0.717) is 11.7 Å². The molecule has 8 nitrogen and oxygen atoms in total. The van der Waals surface area contributed by atoms with Gasteiger partial charge in [0.15, 0.2) is 0 Å². The van der Waals surface area contributed by atoms with Crippen LogP contribution in [0, 0.1) is 20.8 Å². The summed E-state index contributed by atoms with van der Waals surface area (Å²) in [7, 11) is 0. The first-order chi connectivity index (χ1) is 16.1. The van der Waals surface area contributed by atoms with E-state index in [4.69, 9.17) is 19.4 Å². The number of aliphatic carboxylic acids is 1. The number of hydrogen-bond acceptors (Lipinski definition) is 6. The van der Waals surface area contributed by atoms with Crippen molar-refractivity contribution in [3.05, 3.63) is 52.5 Å². The van der Waals surface area contributed by atoms with Crippen molar-refractivity contribution in [3.63, 3.8) is 0 Å². The molecule has 0 aliphatic carbocycles. The number of halogens is 3. The number of aromatic nitrogens is 4. The number of benzene rings is 1. The molecule has 0 radical (unpaired) electrons.